The number of benzene rings is 2. The normalized spacial score (nSPS) is 17.4. The van der Waals surface area contributed by atoms with Crippen molar-refractivity contribution in [3.63, 3.8) is 0 Å². The molecule has 3 rings (SSSR count). The van der Waals surface area contributed by atoms with Crippen LogP contribution in [0.15, 0.2) is 65.6 Å². The predicted octanol–water partition coefficient (Wildman–Crippen LogP) is 1.61. The van der Waals surface area contributed by atoms with E-state index in [-0.39, 0.29) is 24.1 Å². The highest BCUT2D eigenvalue weighted by Crippen LogP contribution is 2.28. The van der Waals surface area contributed by atoms with Crippen LogP contribution in [0.4, 0.5) is 0 Å². The number of nitrogens with one attached hydrogen (secondary N) is 2. The van der Waals surface area contributed by atoms with E-state index in [1.165, 1.54) is 12.1 Å². The molecule has 29 heavy (non-hydrogen) atoms. The number of hydrogen-bond donors (Lipinski definition) is 2. The maximum Gasteiger partial charge on any atom is 0.309 e. The molecule has 2 atom stereocenters. The molecule has 0 saturated carbocycles. The van der Waals surface area contributed by atoms with Crippen molar-refractivity contribution >= 4 is 21.7 Å². The van der Waals surface area contributed by atoms with E-state index in [1.807, 2.05) is 0 Å². The number of ether oxygens (including phenoxy) is 1. The van der Waals surface area contributed by atoms with Crippen LogP contribution in [-0.4, -0.2) is 46.0 Å². The Morgan fingerprint density at radius 1 is 0.966 bits per heavy atom. The topological polar surface area (TPSA) is 102 Å². The van der Waals surface area contributed by atoms with Crippen molar-refractivity contribution in [3.8, 4) is 0 Å². The van der Waals surface area contributed by atoms with E-state index < -0.39 is 26.9 Å². The fourth-order valence-corrected chi connectivity index (χ4v) is 4.89. The Morgan fingerprint density at radius 3 is 2.21 bits per heavy atom. The number of carbonyl (C=O) groups excluding carboxylic acids is 2. The van der Waals surface area contributed by atoms with Crippen molar-refractivity contribution in [2.24, 2.45) is 0 Å². The molecular formula is C21H24N2O5S. The second-order valence-corrected chi connectivity index (χ2v) is 8.94. The second-order valence-electron chi connectivity index (χ2n) is 6.81. The smallest absolute Gasteiger partial charge is 0.309 e. The van der Waals surface area contributed by atoms with Crippen LogP contribution in [0, 0.1) is 0 Å². The minimum absolute atomic E-state index is 0.0812. The molecular weight excluding hydrogens is 392 g/mol. The van der Waals surface area contributed by atoms with Gasteiger partial charge in [0.25, 0.3) is 0 Å². The van der Waals surface area contributed by atoms with E-state index >= 15 is 0 Å². The molecule has 0 bridgehead atoms. The lowest BCUT2D eigenvalue weighted by Gasteiger charge is -2.19. The summed E-state index contributed by atoms with van der Waals surface area (Å²) in [5, 5.41) is 3.98. The Hall–Kier alpha value is -2.71. The molecule has 2 amide bonds. The van der Waals surface area contributed by atoms with E-state index in [1.54, 1.807) is 48.5 Å². The van der Waals surface area contributed by atoms with Crippen LogP contribution >= 0.6 is 0 Å². The molecule has 0 spiro atoms. The largest absolute Gasteiger partial charge is 0.376 e. The van der Waals surface area contributed by atoms with Crippen LogP contribution in [0.5, 0.6) is 0 Å². The third-order valence-electron chi connectivity index (χ3n) is 4.79. The number of amides is 2. The van der Waals surface area contributed by atoms with Crippen molar-refractivity contribution in [1.29, 1.82) is 0 Å². The number of sulfone groups is 1. The molecule has 0 aliphatic carbocycles. The first-order valence-corrected chi connectivity index (χ1v) is 11.0. The average molecular weight is 416 g/mol. The van der Waals surface area contributed by atoms with Crippen molar-refractivity contribution < 1.29 is 22.7 Å². The van der Waals surface area contributed by atoms with Gasteiger partial charge in [-0.25, -0.2) is 8.42 Å². The van der Waals surface area contributed by atoms with Crippen LogP contribution in [0.2, 0.25) is 0 Å². The lowest BCUT2D eigenvalue weighted by atomic mass is 10.1. The third kappa shape index (κ3) is 5.42. The Morgan fingerprint density at radius 2 is 1.59 bits per heavy atom. The summed E-state index contributed by atoms with van der Waals surface area (Å²) in [6, 6.07) is 16.7. The SMILES string of the molecule is O=C(NC[C@@H]1CCCO1)C(=O)NC[C@@H](c1ccccc1)S(=O)(=O)c1ccccc1. The van der Waals surface area contributed by atoms with E-state index in [2.05, 4.69) is 10.6 Å². The number of carbonyl (C=O) groups is 2. The monoisotopic (exact) mass is 416 g/mol. The molecule has 8 heteroatoms. The Labute approximate surface area is 170 Å². The molecule has 1 aliphatic heterocycles. The molecule has 1 aliphatic rings. The summed E-state index contributed by atoms with van der Waals surface area (Å²) in [5.41, 5.74) is 0.538. The molecule has 1 fully saturated rings. The standard InChI is InChI=1S/C21H24N2O5S/c24-20(22-14-17-10-7-13-28-17)21(25)23-15-19(16-8-3-1-4-9-16)29(26,27)18-11-5-2-6-12-18/h1-6,8-9,11-12,17,19H,7,10,13-15H2,(H,22,24)(H,23,25)/t17-,19-/m0/s1. The highest BCUT2D eigenvalue weighted by atomic mass is 32.2. The molecule has 0 radical (unpaired) electrons. The summed E-state index contributed by atoms with van der Waals surface area (Å²) in [4.78, 5) is 24.4. The quantitative estimate of drug-likeness (QED) is 0.668. The van der Waals surface area contributed by atoms with Gasteiger partial charge in [-0.3, -0.25) is 9.59 Å². The molecule has 7 nitrogen and oxygen atoms in total. The molecule has 2 aromatic carbocycles. The highest BCUT2D eigenvalue weighted by molar-refractivity contribution is 7.91. The van der Waals surface area contributed by atoms with Gasteiger partial charge in [0.2, 0.25) is 0 Å². The molecule has 0 unspecified atom stereocenters. The van der Waals surface area contributed by atoms with Gasteiger partial charge in [-0.15, -0.1) is 0 Å². The van der Waals surface area contributed by atoms with Crippen LogP contribution in [0.25, 0.3) is 0 Å². The summed E-state index contributed by atoms with van der Waals surface area (Å²) >= 11 is 0. The number of hydrogen-bond acceptors (Lipinski definition) is 5. The lowest BCUT2D eigenvalue weighted by molar-refractivity contribution is -0.139. The van der Waals surface area contributed by atoms with Gasteiger partial charge in [-0.1, -0.05) is 48.5 Å². The van der Waals surface area contributed by atoms with Gasteiger partial charge in [-0.2, -0.15) is 0 Å². The van der Waals surface area contributed by atoms with E-state index in [4.69, 9.17) is 4.74 Å². The first-order chi connectivity index (χ1) is 14.0. The van der Waals surface area contributed by atoms with Gasteiger partial charge in [0, 0.05) is 19.7 Å². The zero-order valence-corrected chi connectivity index (χ0v) is 16.7. The van der Waals surface area contributed by atoms with Crippen molar-refractivity contribution in [2.75, 3.05) is 19.7 Å². The molecule has 1 saturated heterocycles. The Kier molecular flexibility index (Phi) is 7.00. The van der Waals surface area contributed by atoms with Crippen LogP contribution < -0.4 is 10.6 Å². The summed E-state index contributed by atoms with van der Waals surface area (Å²) in [6.45, 7) is 0.701. The summed E-state index contributed by atoms with van der Waals surface area (Å²) in [5.74, 6) is -1.67. The predicted molar refractivity (Wildman–Crippen MR) is 108 cm³/mol. The number of rotatable bonds is 7. The molecule has 2 aromatic rings. The average Bonchev–Trinajstić information content (AvgIpc) is 3.27. The first kappa shape index (κ1) is 21.0. The zero-order valence-electron chi connectivity index (χ0n) is 15.9. The van der Waals surface area contributed by atoms with Crippen LogP contribution in [0.3, 0.4) is 0 Å². The van der Waals surface area contributed by atoms with Crippen molar-refractivity contribution in [1.82, 2.24) is 10.6 Å². The summed E-state index contributed by atoms with van der Waals surface area (Å²) in [7, 11) is -3.77. The lowest BCUT2D eigenvalue weighted by Crippen LogP contribution is -2.44. The van der Waals surface area contributed by atoms with Gasteiger partial charge >= 0.3 is 11.8 Å². The fraction of sp³-hybridized carbons (Fsp3) is 0.333. The maximum atomic E-state index is 13.1. The molecule has 154 valence electrons. The Bertz CT molecular complexity index is 926. The Balaban J connectivity index is 1.69. The third-order valence-corrected chi connectivity index (χ3v) is 6.90. The molecule has 0 aromatic heterocycles. The van der Waals surface area contributed by atoms with Crippen LogP contribution in [-0.2, 0) is 24.2 Å². The van der Waals surface area contributed by atoms with Crippen molar-refractivity contribution in [3.05, 3.63) is 66.2 Å². The maximum absolute atomic E-state index is 13.1. The van der Waals surface area contributed by atoms with Gasteiger partial charge in [0.1, 0.15) is 5.25 Å². The van der Waals surface area contributed by atoms with E-state index in [0.29, 0.717) is 12.2 Å². The highest BCUT2D eigenvalue weighted by Gasteiger charge is 2.30. The van der Waals surface area contributed by atoms with Gasteiger partial charge < -0.3 is 15.4 Å². The minimum atomic E-state index is -3.77. The first-order valence-electron chi connectivity index (χ1n) is 9.50. The van der Waals surface area contributed by atoms with Gasteiger partial charge in [-0.05, 0) is 30.5 Å². The zero-order chi connectivity index (χ0) is 20.7. The fourth-order valence-electron chi connectivity index (χ4n) is 3.21. The molecule has 2 N–H and O–H groups in total. The minimum Gasteiger partial charge on any atom is -0.376 e. The summed E-state index contributed by atoms with van der Waals surface area (Å²) in [6.07, 6.45) is 1.69. The second kappa shape index (κ2) is 9.67. The summed E-state index contributed by atoms with van der Waals surface area (Å²) < 4.78 is 31.7. The van der Waals surface area contributed by atoms with Gasteiger partial charge in [0.15, 0.2) is 9.84 Å². The van der Waals surface area contributed by atoms with E-state index in [0.717, 1.165) is 12.8 Å². The van der Waals surface area contributed by atoms with E-state index in [9.17, 15) is 18.0 Å². The van der Waals surface area contributed by atoms with Crippen LogP contribution in [0.1, 0.15) is 23.7 Å². The molecule has 1 heterocycles. The van der Waals surface area contributed by atoms with Crippen molar-refractivity contribution in [2.45, 2.75) is 29.1 Å². The van der Waals surface area contributed by atoms with Gasteiger partial charge in [0.05, 0.1) is 11.0 Å².